The molecule has 2 aromatic rings. The van der Waals surface area contributed by atoms with Crippen LogP contribution in [0.15, 0.2) is 30.3 Å². The molecule has 0 saturated heterocycles. The highest BCUT2D eigenvalue weighted by molar-refractivity contribution is 5.87. The van der Waals surface area contributed by atoms with Gasteiger partial charge < -0.3 is 4.74 Å². The van der Waals surface area contributed by atoms with E-state index in [1.807, 2.05) is 30.3 Å². The summed E-state index contributed by atoms with van der Waals surface area (Å²) in [6, 6.07) is 11.5. The minimum absolute atomic E-state index is 0.403. The number of methoxy groups -OCH3 is 1. The molecule has 0 radical (unpaired) electrons. The number of rotatable bonds is 1. The topological polar surface area (TPSA) is 45.9 Å². The summed E-state index contributed by atoms with van der Waals surface area (Å²) in [5.74, 6) is 0.472. The summed E-state index contributed by atoms with van der Waals surface area (Å²) in [6.07, 6.45) is 0. The van der Waals surface area contributed by atoms with Crippen molar-refractivity contribution >= 4 is 10.8 Å². The standard InChI is InChI=1S/C11H8N2O/c1-14-11-6-8-4-2-3-5-9(8)10(7-12)13-11/h2-6H,1H3. The minimum Gasteiger partial charge on any atom is -0.481 e. The molecule has 0 aliphatic carbocycles. The summed E-state index contributed by atoms with van der Waals surface area (Å²) in [7, 11) is 1.54. The Morgan fingerprint density at radius 3 is 2.86 bits per heavy atom. The Hall–Kier alpha value is -2.08. The number of benzene rings is 1. The first-order valence-corrected chi connectivity index (χ1v) is 4.19. The molecule has 3 nitrogen and oxygen atoms in total. The van der Waals surface area contributed by atoms with Crippen LogP contribution in [0, 0.1) is 11.3 Å². The van der Waals surface area contributed by atoms with E-state index in [0.717, 1.165) is 10.8 Å². The molecule has 1 heterocycles. The molecule has 0 unspecified atom stereocenters. The largest absolute Gasteiger partial charge is 0.481 e. The zero-order valence-electron chi connectivity index (χ0n) is 7.69. The quantitative estimate of drug-likeness (QED) is 0.681. The fourth-order valence-corrected chi connectivity index (χ4v) is 1.36. The number of hydrogen-bond donors (Lipinski definition) is 0. The van der Waals surface area contributed by atoms with Crippen LogP contribution in [0.25, 0.3) is 10.8 Å². The van der Waals surface area contributed by atoms with Crippen molar-refractivity contribution in [3.05, 3.63) is 36.0 Å². The molecule has 2 rings (SSSR count). The predicted molar refractivity (Wildman–Crippen MR) is 53.0 cm³/mol. The number of hydrogen-bond acceptors (Lipinski definition) is 3. The maximum Gasteiger partial charge on any atom is 0.214 e. The van der Waals surface area contributed by atoms with Crippen molar-refractivity contribution in [3.63, 3.8) is 0 Å². The fraction of sp³-hybridized carbons (Fsp3) is 0.0909. The molecule has 0 amide bonds. The van der Waals surface area contributed by atoms with Crippen molar-refractivity contribution < 1.29 is 4.74 Å². The lowest BCUT2D eigenvalue weighted by Gasteiger charge is -2.02. The minimum atomic E-state index is 0.403. The first-order valence-electron chi connectivity index (χ1n) is 4.19. The number of fused-ring (bicyclic) bond motifs is 1. The van der Waals surface area contributed by atoms with Gasteiger partial charge in [-0.15, -0.1) is 0 Å². The van der Waals surface area contributed by atoms with Crippen molar-refractivity contribution in [1.82, 2.24) is 4.98 Å². The van der Waals surface area contributed by atoms with Crippen molar-refractivity contribution in [2.75, 3.05) is 7.11 Å². The Bertz CT molecular complexity index is 514. The molecule has 0 aliphatic heterocycles. The fourth-order valence-electron chi connectivity index (χ4n) is 1.36. The summed E-state index contributed by atoms with van der Waals surface area (Å²) < 4.78 is 5.00. The molecule has 0 bridgehead atoms. The number of pyridine rings is 1. The second-order valence-electron chi connectivity index (χ2n) is 2.85. The van der Waals surface area contributed by atoms with E-state index < -0.39 is 0 Å². The van der Waals surface area contributed by atoms with Gasteiger partial charge in [0.15, 0.2) is 5.69 Å². The van der Waals surface area contributed by atoms with Crippen LogP contribution in [0.5, 0.6) is 5.88 Å². The summed E-state index contributed by atoms with van der Waals surface area (Å²) in [5.41, 5.74) is 0.403. The van der Waals surface area contributed by atoms with Gasteiger partial charge in [0.25, 0.3) is 0 Å². The molecule has 0 fully saturated rings. The first-order chi connectivity index (χ1) is 6.85. The monoisotopic (exact) mass is 184 g/mol. The van der Waals surface area contributed by atoms with Crippen LogP contribution in [-0.4, -0.2) is 12.1 Å². The molecule has 3 heteroatoms. The van der Waals surface area contributed by atoms with Gasteiger partial charge in [-0.05, 0) is 5.39 Å². The zero-order valence-corrected chi connectivity index (χ0v) is 7.69. The molecular weight excluding hydrogens is 176 g/mol. The lowest BCUT2D eigenvalue weighted by molar-refractivity contribution is 0.398. The molecule has 0 atom stereocenters. The van der Waals surface area contributed by atoms with Gasteiger partial charge in [0.2, 0.25) is 5.88 Å². The lowest BCUT2D eigenvalue weighted by atomic mass is 10.1. The van der Waals surface area contributed by atoms with Gasteiger partial charge >= 0.3 is 0 Å². The average Bonchev–Trinajstić information content (AvgIpc) is 2.27. The molecule has 68 valence electrons. The highest BCUT2D eigenvalue weighted by atomic mass is 16.5. The van der Waals surface area contributed by atoms with Crippen molar-refractivity contribution in [1.29, 1.82) is 5.26 Å². The van der Waals surface area contributed by atoms with E-state index in [9.17, 15) is 0 Å². The van der Waals surface area contributed by atoms with E-state index in [4.69, 9.17) is 10.00 Å². The number of nitriles is 1. The third kappa shape index (κ3) is 1.27. The summed E-state index contributed by atoms with van der Waals surface area (Å²) in [6.45, 7) is 0. The number of aromatic nitrogens is 1. The molecule has 0 spiro atoms. The second-order valence-corrected chi connectivity index (χ2v) is 2.85. The lowest BCUT2D eigenvalue weighted by Crippen LogP contribution is -1.91. The normalized spacial score (nSPS) is 9.71. The van der Waals surface area contributed by atoms with Crippen molar-refractivity contribution in [2.45, 2.75) is 0 Å². The summed E-state index contributed by atoms with van der Waals surface area (Å²) in [5, 5.41) is 10.7. The Balaban J connectivity index is 2.82. The van der Waals surface area contributed by atoms with E-state index in [0.29, 0.717) is 11.6 Å². The average molecular weight is 184 g/mol. The van der Waals surface area contributed by atoms with E-state index >= 15 is 0 Å². The van der Waals surface area contributed by atoms with Gasteiger partial charge in [0.1, 0.15) is 6.07 Å². The van der Waals surface area contributed by atoms with Gasteiger partial charge in [0.05, 0.1) is 7.11 Å². The van der Waals surface area contributed by atoms with Gasteiger partial charge in [-0.2, -0.15) is 5.26 Å². The van der Waals surface area contributed by atoms with Crippen LogP contribution < -0.4 is 4.74 Å². The third-order valence-electron chi connectivity index (χ3n) is 2.03. The molecule has 1 aromatic carbocycles. The highest BCUT2D eigenvalue weighted by Crippen LogP contribution is 2.20. The molecule has 0 saturated carbocycles. The van der Waals surface area contributed by atoms with Crippen molar-refractivity contribution in [3.8, 4) is 11.9 Å². The van der Waals surface area contributed by atoms with E-state index in [1.165, 1.54) is 7.11 Å². The van der Waals surface area contributed by atoms with Crippen LogP contribution in [-0.2, 0) is 0 Å². The summed E-state index contributed by atoms with van der Waals surface area (Å²) >= 11 is 0. The molecule has 0 aliphatic rings. The molecule has 14 heavy (non-hydrogen) atoms. The predicted octanol–water partition coefficient (Wildman–Crippen LogP) is 2.12. The van der Waals surface area contributed by atoms with Crippen LogP contribution in [0.4, 0.5) is 0 Å². The Morgan fingerprint density at radius 2 is 2.14 bits per heavy atom. The Kier molecular flexibility index (Phi) is 2.04. The third-order valence-corrected chi connectivity index (χ3v) is 2.03. The molecule has 1 aromatic heterocycles. The van der Waals surface area contributed by atoms with Crippen LogP contribution in [0.3, 0.4) is 0 Å². The maximum absolute atomic E-state index is 8.89. The molecular formula is C11H8N2O. The van der Waals surface area contributed by atoms with E-state index in [2.05, 4.69) is 11.1 Å². The van der Waals surface area contributed by atoms with Crippen molar-refractivity contribution in [2.24, 2.45) is 0 Å². The van der Waals surface area contributed by atoms with Gasteiger partial charge in [-0.3, -0.25) is 0 Å². The molecule has 0 N–H and O–H groups in total. The van der Waals surface area contributed by atoms with Gasteiger partial charge in [-0.25, -0.2) is 4.98 Å². The second kappa shape index (κ2) is 3.35. The number of ether oxygens (including phenoxy) is 1. The smallest absolute Gasteiger partial charge is 0.214 e. The number of nitrogens with zero attached hydrogens (tertiary/aromatic N) is 2. The SMILES string of the molecule is COc1cc2ccccc2c(C#N)n1. The Labute approximate surface area is 81.6 Å². The van der Waals surface area contributed by atoms with Gasteiger partial charge in [-0.1, -0.05) is 24.3 Å². The van der Waals surface area contributed by atoms with Gasteiger partial charge in [0, 0.05) is 11.5 Å². The maximum atomic E-state index is 8.89. The van der Waals surface area contributed by atoms with E-state index in [1.54, 1.807) is 0 Å². The zero-order chi connectivity index (χ0) is 9.97. The first kappa shape index (κ1) is 8.52. The summed E-state index contributed by atoms with van der Waals surface area (Å²) in [4.78, 5) is 4.05. The Morgan fingerprint density at radius 1 is 1.36 bits per heavy atom. The van der Waals surface area contributed by atoms with Crippen LogP contribution in [0.2, 0.25) is 0 Å². The van der Waals surface area contributed by atoms with Crippen LogP contribution >= 0.6 is 0 Å². The van der Waals surface area contributed by atoms with Crippen LogP contribution in [0.1, 0.15) is 5.69 Å². The van der Waals surface area contributed by atoms with E-state index in [-0.39, 0.29) is 0 Å². The highest BCUT2D eigenvalue weighted by Gasteiger charge is 2.04.